The lowest BCUT2D eigenvalue weighted by Gasteiger charge is -2.13. The van der Waals surface area contributed by atoms with Crippen LogP contribution in [0.4, 0.5) is 0 Å². The second-order valence-electron chi connectivity index (χ2n) is 2.80. The summed E-state index contributed by atoms with van der Waals surface area (Å²) < 4.78 is 5.03. The Balaban J connectivity index is 2.78. The van der Waals surface area contributed by atoms with Gasteiger partial charge in [0.2, 0.25) is 0 Å². The molecular formula is C10H15NO2. The summed E-state index contributed by atoms with van der Waals surface area (Å²) in [4.78, 5) is 0. The third-order valence-corrected chi connectivity index (χ3v) is 2.05. The zero-order valence-electron chi connectivity index (χ0n) is 7.95. The average Bonchev–Trinajstić information content (AvgIpc) is 2.21. The van der Waals surface area contributed by atoms with Crippen LogP contribution in [0, 0.1) is 0 Å². The molecule has 0 aliphatic carbocycles. The summed E-state index contributed by atoms with van der Waals surface area (Å²) in [5.41, 5.74) is 1.06. The van der Waals surface area contributed by atoms with E-state index < -0.39 is 0 Å². The number of ether oxygens (including phenoxy) is 1. The van der Waals surface area contributed by atoms with E-state index in [9.17, 15) is 0 Å². The van der Waals surface area contributed by atoms with Crippen molar-refractivity contribution in [1.82, 2.24) is 5.32 Å². The molecule has 0 saturated carbocycles. The van der Waals surface area contributed by atoms with E-state index in [0.29, 0.717) is 0 Å². The number of benzene rings is 1. The lowest BCUT2D eigenvalue weighted by Crippen LogP contribution is -2.19. The summed E-state index contributed by atoms with van der Waals surface area (Å²) in [6, 6.07) is 7.66. The number of hydrogen-bond donors (Lipinski definition) is 2. The van der Waals surface area contributed by atoms with Gasteiger partial charge < -0.3 is 15.2 Å². The number of aliphatic hydroxyl groups is 1. The molecule has 72 valence electrons. The van der Waals surface area contributed by atoms with Gasteiger partial charge >= 0.3 is 0 Å². The predicted octanol–water partition coefficient (Wildman–Crippen LogP) is 0.948. The maximum Gasteiger partial charge on any atom is 0.118 e. The fourth-order valence-corrected chi connectivity index (χ4v) is 1.20. The largest absolute Gasteiger partial charge is 0.497 e. The minimum absolute atomic E-state index is 0.00547. The normalized spacial score (nSPS) is 12.5. The van der Waals surface area contributed by atoms with Crippen molar-refractivity contribution in [3.63, 3.8) is 0 Å². The molecular weight excluding hydrogens is 166 g/mol. The van der Waals surface area contributed by atoms with Crippen LogP contribution in [0.5, 0.6) is 5.75 Å². The van der Waals surface area contributed by atoms with E-state index in [-0.39, 0.29) is 12.6 Å². The van der Waals surface area contributed by atoms with Gasteiger partial charge in [-0.3, -0.25) is 0 Å². The lowest BCUT2D eigenvalue weighted by atomic mass is 10.1. The molecule has 0 spiro atoms. The fourth-order valence-electron chi connectivity index (χ4n) is 1.20. The van der Waals surface area contributed by atoms with Crippen LogP contribution < -0.4 is 10.1 Å². The van der Waals surface area contributed by atoms with Crippen LogP contribution in [0.1, 0.15) is 11.6 Å². The third-order valence-electron chi connectivity index (χ3n) is 2.05. The Labute approximate surface area is 78.3 Å². The Kier molecular flexibility index (Phi) is 3.73. The fraction of sp³-hybridized carbons (Fsp3) is 0.400. The Morgan fingerprint density at radius 3 is 2.38 bits per heavy atom. The van der Waals surface area contributed by atoms with Crippen molar-refractivity contribution in [2.45, 2.75) is 6.04 Å². The van der Waals surface area contributed by atoms with Gasteiger partial charge in [-0.15, -0.1) is 0 Å². The molecule has 0 saturated heterocycles. The molecule has 1 aromatic rings. The highest BCUT2D eigenvalue weighted by Gasteiger charge is 2.06. The average molecular weight is 181 g/mol. The SMILES string of the molecule is CN[C@H](CO)c1ccc(OC)cc1. The summed E-state index contributed by atoms with van der Waals surface area (Å²) in [5.74, 6) is 0.830. The second kappa shape index (κ2) is 4.84. The van der Waals surface area contributed by atoms with Gasteiger partial charge in [-0.2, -0.15) is 0 Å². The standard InChI is InChI=1S/C10H15NO2/c1-11-10(7-12)8-3-5-9(13-2)6-4-8/h3-6,10-12H,7H2,1-2H3/t10-/m1/s1. The van der Waals surface area contributed by atoms with E-state index in [4.69, 9.17) is 9.84 Å². The molecule has 0 aliphatic rings. The summed E-state index contributed by atoms with van der Waals surface area (Å²) in [5, 5.41) is 12.0. The van der Waals surface area contributed by atoms with Gasteiger partial charge in [-0.05, 0) is 24.7 Å². The van der Waals surface area contributed by atoms with E-state index in [1.807, 2.05) is 31.3 Å². The molecule has 0 aliphatic heterocycles. The molecule has 2 N–H and O–H groups in total. The summed E-state index contributed by atoms with van der Waals surface area (Å²) >= 11 is 0. The van der Waals surface area contributed by atoms with Crippen LogP contribution in [0.25, 0.3) is 0 Å². The van der Waals surface area contributed by atoms with E-state index in [0.717, 1.165) is 11.3 Å². The van der Waals surface area contributed by atoms with Crippen molar-refractivity contribution < 1.29 is 9.84 Å². The van der Waals surface area contributed by atoms with Crippen molar-refractivity contribution in [1.29, 1.82) is 0 Å². The minimum atomic E-state index is 0.00547. The Morgan fingerprint density at radius 1 is 1.38 bits per heavy atom. The minimum Gasteiger partial charge on any atom is -0.497 e. The molecule has 0 heterocycles. The number of likely N-dealkylation sites (N-methyl/N-ethyl adjacent to an activating group) is 1. The van der Waals surface area contributed by atoms with E-state index in [1.54, 1.807) is 7.11 Å². The van der Waals surface area contributed by atoms with Gasteiger partial charge in [-0.25, -0.2) is 0 Å². The van der Waals surface area contributed by atoms with Gasteiger partial charge in [-0.1, -0.05) is 12.1 Å². The Bertz CT molecular complexity index is 242. The van der Waals surface area contributed by atoms with Crippen molar-refractivity contribution >= 4 is 0 Å². The molecule has 13 heavy (non-hydrogen) atoms. The van der Waals surface area contributed by atoms with Gasteiger partial charge in [0.05, 0.1) is 19.8 Å². The van der Waals surface area contributed by atoms with E-state index >= 15 is 0 Å². The van der Waals surface area contributed by atoms with Crippen molar-refractivity contribution in [3.8, 4) is 5.75 Å². The maximum atomic E-state index is 9.01. The van der Waals surface area contributed by atoms with Crippen LogP contribution >= 0.6 is 0 Å². The number of methoxy groups -OCH3 is 1. The first-order valence-corrected chi connectivity index (χ1v) is 4.24. The highest BCUT2D eigenvalue weighted by molar-refractivity contribution is 5.29. The van der Waals surface area contributed by atoms with E-state index in [1.165, 1.54) is 0 Å². The number of hydrogen-bond acceptors (Lipinski definition) is 3. The van der Waals surface area contributed by atoms with Gasteiger partial charge in [0, 0.05) is 0 Å². The highest BCUT2D eigenvalue weighted by Crippen LogP contribution is 2.16. The van der Waals surface area contributed by atoms with Crippen LogP contribution in [0.2, 0.25) is 0 Å². The molecule has 1 rings (SSSR count). The summed E-state index contributed by atoms with van der Waals surface area (Å²) in [6.45, 7) is 0.100. The molecule has 1 atom stereocenters. The molecule has 0 fully saturated rings. The van der Waals surface area contributed by atoms with Gasteiger partial charge in [0.1, 0.15) is 5.75 Å². The predicted molar refractivity (Wildman–Crippen MR) is 51.9 cm³/mol. The van der Waals surface area contributed by atoms with Gasteiger partial charge in [0.25, 0.3) is 0 Å². The smallest absolute Gasteiger partial charge is 0.118 e. The zero-order chi connectivity index (χ0) is 9.68. The number of aliphatic hydroxyl groups excluding tert-OH is 1. The van der Waals surface area contributed by atoms with Crippen LogP contribution in [-0.2, 0) is 0 Å². The van der Waals surface area contributed by atoms with E-state index in [2.05, 4.69) is 5.32 Å². The van der Waals surface area contributed by atoms with Crippen molar-refractivity contribution in [2.75, 3.05) is 20.8 Å². The summed E-state index contributed by atoms with van der Waals surface area (Å²) in [7, 11) is 3.46. The summed E-state index contributed by atoms with van der Waals surface area (Å²) in [6.07, 6.45) is 0. The maximum absolute atomic E-state index is 9.01. The molecule has 0 unspecified atom stereocenters. The molecule has 0 aromatic heterocycles. The second-order valence-corrected chi connectivity index (χ2v) is 2.80. The number of nitrogens with one attached hydrogen (secondary N) is 1. The first-order valence-electron chi connectivity index (χ1n) is 4.24. The Hall–Kier alpha value is -1.06. The quantitative estimate of drug-likeness (QED) is 0.726. The molecule has 0 bridgehead atoms. The van der Waals surface area contributed by atoms with Crippen LogP contribution in [-0.4, -0.2) is 25.9 Å². The van der Waals surface area contributed by atoms with Gasteiger partial charge in [0.15, 0.2) is 0 Å². The highest BCUT2D eigenvalue weighted by atomic mass is 16.5. The van der Waals surface area contributed by atoms with Crippen molar-refractivity contribution in [3.05, 3.63) is 29.8 Å². The van der Waals surface area contributed by atoms with Crippen LogP contribution in [0.3, 0.4) is 0 Å². The van der Waals surface area contributed by atoms with Crippen LogP contribution in [0.15, 0.2) is 24.3 Å². The molecule has 3 nitrogen and oxygen atoms in total. The third kappa shape index (κ3) is 2.44. The molecule has 3 heteroatoms. The Morgan fingerprint density at radius 2 is 2.00 bits per heavy atom. The molecule has 1 aromatic carbocycles. The topological polar surface area (TPSA) is 41.5 Å². The molecule has 0 amide bonds. The first kappa shape index (κ1) is 10.0. The molecule has 0 radical (unpaired) electrons. The first-order chi connectivity index (χ1) is 6.31. The lowest BCUT2D eigenvalue weighted by molar-refractivity contribution is 0.251. The zero-order valence-corrected chi connectivity index (χ0v) is 7.95. The van der Waals surface area contributed by atoms with Crippen molar-refractivity contribution in [2.24, 2.45) is 0 Å². The monoisotopic (exact) mass is 181 g/mol. The number of rotatable bonds is 4.